The largest absolute Gasteiger partial charge is 0.347 e. The van der Waals surface area contributed by atoms with E-state index in [1.165, 1.54) is 0 Å². The molecule has 30 heavy (non-hydrogen) atoms. The van der Waals surface area contributed by atoms with Crippen LogP contribution in [-0.2, 0) is 16.1 Å². The lowest BCUT2D eigenvalue weighted by Crippen LogP contribution is -2.59. The van der Waals surface area contributed by atoms with E-state index in [0.29, 0.717) is 37.7 Å². The van der Waals surface area contributed by atoms with Crippen LogP contribution in [0.1, 0.15) is 63.6 Å². The van der Waals surface area contributed by atoms with Crippen molar-refractivity contribution in [2.45, 2.75) is 70.5 Å². The number of aromatic nitrogens is 2. The minimum atomic E-state index is -0.312. The SMILES string of the molecule is CCCNC(=O)N1CC(=O)N2[C@@H](C[C@H](C(=O)NCc3nc(C4CC4)no3)[C@@H]2CC)C1. The van der Waals surface area contributed by atoms with Gasteiger partial charge in [-0.2, -0.15) is 4.98 Å². The molecule has 3 fully saturated rings. The van der Waals surface area contributed by atoms with Crippen molar-refractivity contribution in [3.8, 4) is 0 Å². The standard InChI is InChI=1S/C20H30N6O4/c1-3-7-21-20(29)25-10-13-8-14(15(4-2)26(13)17(27)11-25)19(28)22-9-16-23-18(24-30-16)12-5-6-12/h12-15H,3-11H2,1-2H3,(H,21,29)(H,22,28)/t13-,14-,15-/m0/s1. The smallest absolute Gasteiger partial charge is 0.317 e. The molecule has 2 aliphatic heterocycles. The van der Waals surface area contributed by atoms with E-state index in [4.69, 9.17) is 4.52 Å². The molecule has 3 atom stereocenters. The van der Waals surface area contributed by atoms with Crippen LogP contribution in [0, 0.1) is 5.92 Å². The average molecular weight is 418 g/mol. The number of nitrogens with zero attached hydrogens (tertiary/aromatic N) is 4. The van der Waals surface area contributed by atoms with Crippen LogP contribution in [0.25, 0.3) is 0 Å². The van der Waals surface area contributed by atoms with E-state index < -0.39 is 0 Å². The number of hydrogen-bond donors (Lipinski definition) is 2. The number of hydrogen-bond acceptors (Lipinski definition) is 6. The number of nitrogens with one attached hydrogen (secondary N) is 2. The van der Waals surface area contributed by atoms with Crippen LogP contribution >= 0.6 is 0 Å². The maximum Gasteiger partial charge on any atom is 0.317 e. The molecule has 0 bridgehead atoms. The fraction of sp³-hybridized carbons (Fsp3) is 0.750. The Morgan fingerprint density at radius 2 is 2.03 bits per heavy atom. The summed E-state index contributed by atoms with van der Waals surface area (Å²) in [4.78, 5) is 45.7. The zero-order valence-electron chi connectivity index (χ0n) is 17.6. The Morgan fingerprint density at radius 3 is 2.73 bits per heavy atom. The highest BCUT2D eigenvalue weighted by Crippen LogP contribution is 2.38. The molecular formula is C20H30N6O4. The second kappa shape index (κ2) is 8.61. The molecule has 1 aliphatic carbocycles. The van der Waals surface area contributed by atoms with Crippen molar-refractivity contribution in [1.29, 1.82) is 0 Å². The maximum absolute atomic E-state index is 12.9. The van der Waals surface area contributed by atoms with E-state index in [9.17, 15) is 14.4 Å². The molecule has 3 heterocycles. The number of amides is 4. The average Bonchev–Trinajstić information content (AvgIpc) is 3.35. The number of rotatable bonds is 7. The molecule has 1 saturated carbocycles. The first kappa shape index (κ1) is 20.6. The first-order chi connectivity index (χ1) is 14.5. The molecular weight excluding hydrogens is 388 g/mol. The van der Waals surface area contributed by atoms with Crippen molar-refractivity contribution < 1.29 is 18.9 Å². The summed E-state index contributed by atoms with van der Waals surface area (Å²) in [5.41, 5.74) is 0. The summed E-state index contributed by atoms with van der Waals surface area (Å²) in [6.07, 6.45) is 4.25. The lowest BCUT2D eigenvalue weighted by atomic mass is 9.96. The van der Waals surface area contributed by atoms with Gasteiger partial charge in [-0.15, -0.1) is 0 Å². The van der Waals surface area contributed by atoms with Gasteiger partial charge in [0, 0.05) is 25.0 Å². The minimum Gasteiger partial charge on any atom is -0.347 e. The van der Waals surface area contributed by atoms with Gasteiger partial charge in [0.15, 0.2) is 5.82 Å². The predicted molar refractivity (Wildman–Crippen MR) is 106 cm³/mol. The van der Waals surface area contributed by atoms with Crippen LogP contribution < -0.4 is 10.6 Å². The third-order valence-corrected chi connectivity index (χ3v) is 6.20. The normalized spacial score (nSPS) is 25.9. The third-order valence-electron chi connectivity index (χ3n) is 6.20. The highest BCUT2D eigenvalue weighted by molar-refractivity contribution is 5.88. The molecule has 0 unspecified atom stereocenters. The van der Waals surface area contributed by atoms with Gasteiger partial charge in [0.1, 0.15) is 6.54 Å². The van der Waals surface area contributed by atoms with E-state index in [1.54, 1.807) is 4.90 Å². The summed E-state index contributed by atoms with van der Waals surface area (Å²) in [5, 5.41) is 9.69. The molecule has 10 nitrogen and oxygen atoms in total. The van der Waals surface area contributed by atoms with Gasteiger partial charge in [-0.05, 0) is 32.1 Å². The summed E-state index contributed by atoms with van der Waals surface area (Å²) in [6.45, 7) is 5.25. The molecule has 0 spiro atoms. The summed E-state index contributed by atoms with van der Waals surface area (Å²) in [7, 11) is 0. The molecule has 164 valence electrons. The Labute approximate surface area is 175 Å². The zero-order chi connectivity index (χ0) is 21.3. The molecule has 4 rings (SSSR count). The Bertz CT molecular complexity index is 807. The predicted octanol–water partition coefficient (Wildman–Crippen LogP) is 0.994. The van der Waals surface area contributed by atoms with Crippen molar-refractivity contribution in [2.24, 2.45) is 5.92 Å². The van der Waals surface area contributed by atoms with E-state index in [2.05, 4.69) is 20.8 Å². The van der Waals surface area contributed by atoms with Crippen LogP contribution in [0.5, 0.6) is 0 Å². The number of fused-ring (bicyclic) bond motifs is 1. The van der Waals surface area contributed by atoms with Crippen molar-refractivity contribution in [3.05, 3.63) is 11.7 Å². The van der Waals surface area contributed by atoms with Gasteiger partial charge >= 0.3 is 6.03 Å². The molecule has 10 heteroatoms. The van der Waals surface area contributed by atoms with Crippen LogP contribution in [0.15, 0.2) is 4.52 Å². The fourth-order valence-electron chi connectivity index (χ4n) is 4.55. The van der Waals surface area contributed by atoms with Crippen LogP contribution in [-0.4, -0.2) is 69.5 Å². The second-order valence-corrected chi connectivity index (χ2v) is 8.42. The van der Waals surface area contributed by atoms with Gasteiger partial charge in [-0.1, -0.05) is 19.0 Å². The van der Waals surface area contributed by atoms with E-state index >= 15 is 0 Å². The van der Waals surface area contributed by atoms with Gasteiger partial charge < -0.3 is 25.0 Å². The lowest BCUT2D eigenvalue weighted by molar-refractivity contribution is -0.139. The summed E-state index contributed by atoms with van der Waals surface area (Å²) >= 11 is 0. The topological polar surface area (TPSA) is 121 Å². The molecule has 0 aromatic carbocycles. The summed E-state index contributed by atoms with van der Waals surface area (Å²) in [6, 6.07) is -0.508. The molecule has 3 aliphatic rings. The van der Waals surface area contributed by atoms with Crippen LogP contribution in [0.2, 0.25) is 0 Å². The van der Waals surface area contributed by atoms with Crippen LogP contribution in [0.4, 0.5) is 4.79 Å². The maximum atomic E-state index is 12.9. The van der Waals surface area contributed by atoms with Crippen molar-refractivity contribution in [1.82, 2.24) is 30.6 Å². The minimum absolute atomic E-state index is 0.0583. The monoisotopic (exact) mass is 418 g/mol. The molecule has 2 saturated heterocycles. The molecule has 2 N–H and O–H groups in total. The van der Waals surface area contributed by atoms with Gasteiger partial charge in [-0.25, -0.2) is 4.79 Å². The number of piperazine rings is 1. The zero-order valence-corrected chi connectivity index (χ0v) is 17.6. The Morgan fingerprint density at radius 1 is 1.23 bits per heavy atom. The molecule has 1 aromatic rings. The first-order valence-corrected chi connectivity index (χ1v) is 11.0. The number of carbonyl (C=O) groups excluding carboxylic acids is 3. The van der Waals surface area contributed by atoms with Gasteiger partial charge in [-0.3, -0.25) is 9.59 Å². The molecule has 0 radical (unpaired) electrons. The van der Waals surface area contributed by atoms with E-state index in [0.717, 1.165) is 25.1 Å². The van der Waals surface area contributed by atoms with E-state index in [1.807, 2.05) is 18.7 Å². The van der Waals surface area contributed by atoms with Crippen LogP contribution in [0.3, 0.4) is 0 Å². The van der Waals surface area contributed by atoms with Crippen molar-refractivity contribution in [3.63, 3.8) is 0 Å². The molecule has 4 amide bonds. The van der Waals surface area contributed by atoms with E-state index in [-0.39, 0.29) is 48.9 Å². The third kappa shape index (κ3) is 4.13. The van der Waals surface area contributed by atoms with Gasteiger partial charge in [0.05, 0.1) is 18.5 Å². The first-order valence-electron chi connectivity index (χ1n) is 11.0. The summed E-state index contributed by atoms with van der Waals surface area (Å²) in [5.74, 6) is 1.01. The Hall–Kier alpha value is -2.65. The highest BCUT2D eigenvalue weighted by atomic mass is 16.5. The second-order valence-electron chi connectivity index (χ2n) is 8.42. The van der Waals surface area contributed by atoms with Gasteiger partial charge in [0.2, 0.25) is 17.7 Å². The van der Waals surface area contributed by atoms with Crippen molar-refractivity contribution in [2.75, 3.05) is 19.6 Å². The molecule has 1 aromatic heterocycles. The highest BCUT2D eigenvalue weighted by Gasteiger charge is 2.49. The van der Waals surface area contributed by atoms with Crippen molar-refractivity contribution >= 4 is 17.8 Å². The number of carbonyl (C=O) groups is 3. The lowest BCUT2D eigenvalue weighted by Gasteiger charge is -2.39. The quantitative estimate of drug-likeness (QED) is 0.681. The number of urea groups is 1. The fourth-order valence-corrected chi connectivity index (χ4v) is 4.55. The Kier molecular flexibility index (Phi) is 5.92. The summed E-state index contributed by atoms with van der Waals surface area (Å²) < 4.78 is 5.22. The van der Waals surface area contributed by atoms with Gasteiger partial charge in [0.25, 0.3) is 0 Å². The Balaban J connectivity index is 1.37.